The second-order valence-corrected chi connectivity index (χ2v) is 6.21. The summed E-state index contributed by atoms with van der Waals surface area (Å²) in [6.45, 7) is 3.85. The van der Waals surface area contributed by atoms with Crippen LogP contribution in [0.1, 0.15) is 18.1 Å². The lowest BCUT2D eigenvalue weighted by atomic mass is 10.1. The molecule has 110 valence electrons. The van der Waals surface area contributed by atoms with Gasteiger partial charge in [-0.3, -0.25) is 10.1 Å². The van der Waals surface area contributed by atoms with Gasteiger partial charge in [0.15, 0.2) is 5.13 Å². The van der Waals surface area contributed by atoms with Crippen LogP contribution in [0.15, 0.2) is 54.1 Å². The molecule has 1 aromatic heterocycles. The molecule has 1 amide bonds. The topological polar surface area (TPSA) is 42.0 Å². The van der Waals surface area contributed by atoms with E-state index in [0.717, 1.165) is 15.8 Å². The normalized spacial score (nSPS) is 11.6. The van der Waals surface area contributed by atoms with Crippen molar-refractivity contribution in [1.82, 2.24) is 4.98 Å². The molecule has 3 nitrogen and oxygen atoms in total. The van der Waals surface area contributed by atoms with Crippen LogP contribution in [0.4, 0.5) is 5.13 Å². The van der Waals surface area contributed by atoms with E-state index in [1.54, 1.807) is 6.92 Å². The first kappa shape index (κ1) is 14.5. The molecule has 0 radical (unpaired) electrons. The molecule has 22 heavy (non-hydrogen) atoms. The van der Waals surface area contributed by atoms with E-state index in [4.69, 9.17) is 0 Å². The van der Waals surface area contributed by atoms with Gasteiger partial charge >= 0.3 is 0 Å². The van der Waals surface area contributed by atoms with Crippen LogP contribution in [0.25, 0.3) is 16.3 Å². The number of carbonyl (C=O) groups excluding carboxylic acids is 1. The lowest BCUT2D eigenvalue weighted by Crippen LogP contribution is -2.12. The van der Waals surface area contributed by atoms with E-state index in [-0.39, 0.29) is 5.91 Å². The van der Waals surface area contributed by atoms with Gasteiger partial charge in [-0.1, -0.05) is 47.7 Å². The van der Waals surface area contributed by atoms with Crippen molar-refractivity contribution in [3.63, 3.8) is 0 Å². The molecule has 0 spiro atoms. The number of aromatic nitrogens is 1. The van der Waals surface area contributed by atoms with Gasteiger partial charge in [-0.2, -0.15) is 0 Å². The molecule has 4 heteroatoms. The minimum Gasteiger partial charge on any atom is -0.298 e. The number of amides is 1. The van der Waals surface area contributed by atoms with E-state index in [0.29, 0.717) is 10.7 Å². The molecule has 0 saturated carbocycles. The summed E-state index contributed by atoms with van der Waals surface area (Å²) in [5, 5.41) is 3.50. The number of aryl methyl sites for hydroxylation is 1. The number of nitrogens with one attached hydrogen (secondary N) is 1. The summed E-state index contributed by atoms with van der Waals surface area (Å²) in [5.74, 6) is -0.125. The predicted molar refractivity (Wildman–Crippen MR) is 93.1 cm³/mol. The largest absolute Gasteiger partial charge is 0.298 e. The smallest absolute Gasteiger partial charge is 0.253 e. The summed E-state index contributed by atoms with van der Waals surface area (Å²) in [4.78, 5) is 16.7. The number of nitrogens with zero attached hydrogens (tertiary/aromatic N) is 1. The van der Waals surface area contributed by atoms with Crippen molar-refractivity contribution in [2.24, 2.45) is 0 Å². The molecule has 0 fully saturated rings. The molecule has 0 unspecified atom stereocenters. The van der Waals surface area contributed by atoms with Crippen molar-refractivity contribution in [3.05, 3.63) is 65.2 Å². The van der Waals surface area contributed by atoms with E-state index in [1.165, 1.54) is 16.9 Å². The Balaban J connectivity index is 1.79. The highest BCUT2D eigenvalue weighted by atomic mass is 32.1. The summed E-state index contributed by atoms with van der Waals surface area (Å²) in [7, 11) is 0. The zero-order chi connectivity index (χ0) is 15.5. The van der Waals surface area contributed by atoms with Crippen LogP contribution >= 0.6 is 11.3 Å². The third kappa shape index (κ3) is 3.23. The first-order valence-electron chi connectivity index (χ1n) is 7.04. The number of benzene rings is 2. The molecule has 1 N–H and O–H groups in total. The van der Waals surface area contributed by atoms with Crippen LogP contribution in [0, 0.1) is 6.92 Å². The SMILES string of the molecule is C/C(=C\c1ccccc1)C(=O)Nc1nc2ccc(C)cc2s1. The lowest BCUT2D eigenvalue weighted by Gasteiger charge is -2.01. The predicted octanol–water partition coefficient (Wildman–Crippen LogP) is 4.65. The molecule has 0 bridgehead atoms. The van der Waals surface area contributed by atoms with E-state index in [1.807, 2.05) is 55.5 Å². The molecule has 0 saturated heterocycles. The third-order valence-corrected chi connectivity index (χ3v) is 4.24. The van der Waals surface area contributed by atoms with Crippen LogP contribution in [-0.4, -0.2) is 10.9 Å². The van der Waals surface area contributed by atoms with Gasteiger partial charge in [0.25, 0.3) is 5.91 Å². The molecule has 0 atom stereocenters. The molecule has 3 rings (SSSR count). The maximum absolute atomic E-state index is 12.2. The van der Waals surface area contributed by atoms with Gasteiger partial charge in [-0.05, 0) is 43.2 Å². The van der Waals surface area contributed by atoms with E-state index in [9.17, 15) is 4.79 Å². The van der Waals surface area contributed by atoms with Gasteiger partial charge in [0.05, 0.1) is 10.2 Å². The Morgan fingerprint density at radius 3 is 2.73 bits per heavy atom. The molecule has 0 aliphatic rings. The Labute approximate surface area is 133 Å². The van der Waals surface area contributed by atoms with Crippen LogP contribution < -0.4 is 5.32 Å². The number of fused-ring (bicyclic) bond motifs is 1. The van der Waals surface area contributed by atoms with Crippen molar-refractivity contribution in [3.8, 4) is 0 Å². The van der Waals surface area contributed by atoms with Crippen LogP contribution in [0.3, 0.4) is 0 Å². The fourth-order valence-electron chi connectivity index (χ4n) is 2.15. The minimum atomic E-state index is -0.125. The van der Waals surface area contributed by atoms with E-state index in [2.05, 4.69) is 16.4 Å². The Morgan fingerprint density at radius 2 is 1.95 bits per heavy atom. The summed E-state index contributed by atoms with van der Waals surface area (Å²) in [5.41, 5.74) is 3.77. The number of hydrogen-bond acceptors (Lipinski definition) is 3. The van der Waals surface area contributed by atoms with Gasteiger partial charge in [0.2, 0.25) is 0 Å². The summed E-state index contributed by atoms with van der Waals surface area (Å²) >= 11 is 1.49. The van der Waals surface area contributed by atoms with Crippen molar-refractivity contribution in [2.45, 2.75) is 13.8 Å². The van der Waals surface area contributed by atoms with Crippen molar-refractivity contribution < 1.29 is 4.79 Å². The van der Waals surface area contributed by atoms with Gasteiger partial charge < -0.3 is 0 Å². The highest BCUT2D eigenvalue weighted by molar-refractivity contribution is 7.22. The highest BCUT2D eigenvalue weighted by Crippen LogP contribution is 2.27. The number of thiazole rings is 1. The Hall–Kier alpha value is -2.46. The zero-order valence-electron chi connectivity index (χ0n) is 12.5. The van der Waals surface area contributed by atoms with Crippen molar-refractivity contribution in [1.29, 1.82) is 0 Å². The molecule has 0 aliphatic heterocycles. The van der Waals surface area contributed by atoms with Gasteiger partial charge in [-0.15, -0.1) is 0 Å². The Morgan fingerprint density at radius 1 is 1.18 bits per heavy atom. The summed E-state index contributed by atoms with van der Waals surface area (Å²) < 4.78 is 1.08. The summed E-state index contributed by atoms with van der Waals surface area (Å²) in [6, 6.07) is 15.9. The van der Waals surface area contributed by atoms with E-state index >= 15 is 0 Å². The molecule has 1 heterocycles. The van der Waals surface area contributed by atoms with Crippen LogP contribution in [0.2, 0.25) is 0 Å². The number of rotatable bonds is 3. The minimum absolute atomic E-state index is 0.125. The number of anilines is 1. The second-order valence-electron chi connectivity index (χ2n) is 5.18. The third-order valence-electron chi connectivity index (χ3n) is 3.31. The van der Waals surface area contributed by atoms with Gasteiger partial charge in [-0.25, -0.2) is 4.98 Å². The molecule has 2 aromatic carbocycles. The molecular weight excluding hydrogens is 292 g/mol. The van der Waals surface area contributed by atoms with Crippen molar-refractivity contribution in [2.75, 3.05) is 5.32 Å². The van der Waals surface area contributed by atoms with Gasteiger partial charge in [0.1, 0.15) is 0 Å². The average molecular weight is 308 g/mol. The monoisotopic (exact) mass is 308 g/mol. The lowest BCUT2D eigenvalue weighted by molar-refractivity contribution is -0.112. The molecule has 3 aromatic rings. The fourth-order valence-corrected chi connectivity index (χ4v) is 3.10. The summed E-state index contributed by atoms with van der Waals surface area (Å²) in [6.07, 6.45) is 1.87. The number of carbonyl (C=O) groups is 1. The maximum Gasteiger partial charge on any atom is 0.253 e. The average Bonchev–Trinajstić information content (AvgIpc) is 2.89. The first-order chi connectivity index (χ1) is 10.6. The first-order valence-corrected chi connectivity index (χ1v) is 7.85. The molecule has 0 aliphatic carbocycles. The van der Waals surface area contributed by atoms with Crippen molar-refractivity contribution >= 4 is 38.7 Å². The van der Waals surface area contributed by atoms with Gasteiger partial charge in [0, 0.05) is 5.57 Å². The maximum atomic E-state index is 12.2. The Bertz CT molecular complexity index is 850. The van der Waals surface area contributed by atoms with E-state index < -0.39 is 0 Å². The zero-order valence-corrected chi connectivity index (χ0v) is 13.3. The molecular formula is C18H16N2OS. The van der Waals surface area contributed by atoms with Crippen LogP contribution in [-0.2, 0) is 4.79 Å². The number of hydrogen-bond donors (Lipinski definition) is 1. The second kappa shape index (κ2) is 6.12. The van der Waals surface area contributed by atoms with Crippen LogP contribution in [0.5, 0.6) is 0 Å². The standard InChI is InChI=1S/C18H16N2OS/c1-12-8-9-15-16(10-12)22-18(19-15)20-17(21)13(2)11-14-6-4-3-5-7-14/h3-11H,1-2H3,(H,19,20,21)/b13-11+. The Kier molecular flexibility index (Phi) is 4.02. The fraction of sp³-hybridized carbons (Fsp3) is 0.111. The quantitative estimate of drug-likeness (QED) is 0.716. The highest BCUT2D eigenvalue weighted by Gasteiger charge is 2.09.